The van der Waals surface area contributed by atoms with Crippen molar-refractivity contribution < 1.29 is 26.3 Å². The normalized spacial score (nSPS) is 13.0. The van der Waals surface area contributed by atoms with Gasteiger partial charge >= 0.3 is 5.16 Å². The summed E-state index contributed by atoms with van der Waals surface area (Å²) in [6, 6.07) is 19.2. The summed E-state index contributed by atoms with van der Waals surface area (Å²) in [5.41, 5.74) is 3.85. The summed E-state index contributed by atoms with van der Waals surface area (Å²) in [5.74, 6) is 2.13. The average molecular weight is 431 g/mol. The molecule has 0 N–H and O–H groups in total. The Morgan fingerprint density at radius 1 is 1.08 bits per heavy atom. The molecule has 0 radical (unpaired) electrons. The second-order valence-electron chi connectivity index (χ2n) is 6.22. The van der Waals surface area contributed by atoms with E-state index in [4.69, 9.17) is 4.74 Å². The van der Waals surface area contributed by atoms with Gasteiger partial charge in [0.15, 0.2) is 5.69 Å². The van der Waals surface area contributed by atoms with E-state index in [0.29, 0.717) is 6.61 Å². The summed E-state index contributed by atoms with van der Waals surface area (Å²) >= 11 is 1.96. The molecule has 136 valence electrons. The van der Waals surface area contributed by atoms with Crippen LogP contribution < -0.4 is 26.3 Å². The predicted molar refractivity (Wildman–Crippen MR) is 102 cm³/mol. The Labute approximate surface area is 169 Å². The number of hydrogen-bond donors (Lipinski definition) is 0. The van der Waals surface area contributed by atoms with Gasteiger partial charge in [-0.25, -0.2) is 9.13 Å². The number of imidazole rings is 1. The maximum absolute atomic E-state index is 5.59. The zero-order valence-corrected chi connectivity index (χ0v) is 17.3. The molecule has 1 aliphatic heterocycles. The monoisotopic (exact) mass is 430 g/mol. The van der Waals surface area contributed by atoms with E-state index in [0.717, 1.165) is 18.8 Å². The van der Waals surface area contributed by atoms with E-state index in [1.165, 1.54) is 34.2 Å². The van der Waals surface area contributed by atoms with Crippen LogP contribution in [-0.4, -0.2) is 16.9 Å². The number of aromatic nitrogens is 2. The number of thioether (sulfide) groups is 1. The van der Waals surface area contributed by atoms with Gasteiger partial charge in [-0.1, -0.05) is 30.3 Å². The second-order valence-corrected chi connectivity index (χ2v) is 7.28. The molecule has 0 saturated carbocycles. The first kappa shape index (κ1) is 19.1. The Kier molecular flexibility index (Phi) is 6.43. The molecule has 1 aliphatic rings. The molecule has 5 heteroatoms. The Balaban J connectivity index is 0.00000196. The van der Waals surface area contributed by atoms with Crippen molar-refractivity contribution in [3.05, 3.63) is 66.4 Å². The number of benzene rings is 2. The molecule has 1 aromatic heterocycles. The molecule has 3 aromatic rings. The van der Waals surface area contributed by atoms with Crippen LogP contribution >= 0.6 is 11.8 Å². The molecule has 3 nitrogen and oxygen atoms in total. The van der Waals surface area contributed by atoms with Gasteiger partial charge in [0.25, 0.3) is 0 Å². The van der Waals surface area contributed by atoms with Crippen molar-refractivity contribution in [2.45, 2.75) is 31.6 Å². The number of fused-ring (bicyclic) bond motifs is 1. The second kappa shape index (κ2) is 8.78. The molecule has 0 saturated heterocycles. The molecule has 26 heavy (non-hydrogen) atoms. The minimum Gasteiger partial charge on any atom is -1.00 e. The van der Waals surface area contributed by atoms with E-state index in [1.807, 2.05) is 18.7 Å². The maximum atomic E-state index is 5.59. The molecular formula is C21H23BrN2OS. The van der Waals surface area contributed by atoms with E-state index < -0.39 is 0 Å². The fraction of sp³-hybridized carbons (Fsp3) is 0.286. The Bertz CT molecular complexity index is 846. The van der Waals surface area contributed by atoms with Gasteiger partial charge in [-0.15, -0.1) is 0 Å². The third-order valence-electron chi connectivity index (χ3n) is 4.46. The van der Waals surface area contributed by atoms with E-state index in [-0.39, 0.29) is 17.0 Å². The van der Waals surface area contributed by atoms with Gasteiger partial charge in [0.2, 0.25) is 0 Å². The number of hydrogen-bond acceptors (Lipinski definition) is 2. The molecule has 0 bridgehead atoms. The van der Waals surface area contributed by atoms with Gasteiger partial charge in [-0.2, -0.15) is 0 Å². The van der Waals surface area contributed by atoms with E-state index in [9.17, 15) is 0 Å². The number of nitrogens with zero attached hydrogens (tertiary/aromatic N) is 2. The van der Waals surface area contributed by atoms with E-state index in [2.05, 4.69) is 69.9 Å². The topological polar surface area (TPSA) is 18.0 Å². The molecular weight excluding hydrogens is 408 g/mol. The molecule has 0 unspecified atom stereocenters. The van der Waals surface area contributed by atoms with Crippen LogP contribution in [0.4, 0.5) is 0 Å². The largest absolute Gasteiger partial charge is 1.00 e. The van der Waals surface area contributed by atoms with Crippen LogP contribution in [-0.2, 0) is 13.1 Å². The van der Waals surface area contributed by atoms with E-state index in [1.54, 1.807) is 0 Å². The third-order valence-corrected chi connectivity index (χ3v) is 5.67. The van der Waals surface area contributed by atoms with Gasteiger partial charge < -0.3 is 21.7 Å². The molecule has 0 fully saturated rings. The Hall–Kier alpha value is -1.72. The van der Waals surface area contributed by atoms with Crippen LogP contribution in [0.5, 0.6) is 5.75 Å². The molecule has 0 amide bonds. The Morgan fingerprint density at radius 3 is 2.58 bits per heavy atom. The zero-order chi connectivity index (χ0) is 17.1. The molecule has 0 spiro atoms. The molecule has 2 heterocycles. The van der Waals surface area contributed by atoms with Crippen molar-refractivity contribution in [3.8, 4) is 17.0 Å². The summed E-state index contributed by atoms with van der Waals surface area (Å²) < 4.78 is 10.4. The van der Waals surface area contributed by atoms with Crippen molar-refractivity contribution in [2.75, 3.05) is 12.4 Å². The first-order valence-electron chi connectivity index (χ1n) is 8.88. The first-order chi connectivity index (χ1) is 12.3. The highest BCUT2D eigenvalue weighted by molar-refractivity contribution is 7.99. The highest BCUT2D eigenvalue weighted by Crippen LogP contribution is 2.29. The molecule has 0 aliphatic carbocycles. The van der Waals surface area contributed by atoms with Gasteiger partial charge in [0.1, 0.15) is 18.5 Å². The van der Waals surface area contributed by atoms with Crippen LogP contribution in [0.1, 0.15) is 18.9 Å². The van der Waals surface area contributed by atoms with Crippen molar-refractivity contribution in [1.82, 2.24) is 4.57 Å². The zero-order valence-electron chi connectivity index (χ0n) is 14.9. The molecule has 4 rings (SSSR count). The summed E-state index contributed by atoms with van der Waals surface area (Å²) in [4.78, 5) is 0. The SMILES string of the molecule is CCOc1ccc(-c2c[n+]3c(n2Cc2ccccc2)SCCC3)cc1.[Br-]. The maximum Gasteiger partial charge on any atom is 0.318 e. The minimum absolute atomic E-state index is 0. The van der Waals surface area contributed by atoms with Gasteiger partial charge in [-0.05, 0) is 54.9 Å². The number of aryl methyl sites for hydroxylation is 1. The van der Waals surface area contributed by atoms with Crippen molar-refractivity contribution in [2.24, 2.45) is 0 Å². The van der Waals surface area contributed by atoms with Crippen LogP contribution in [0.25, 0.3) is 11.3 Å². The molecule has 0 atom stereocenters. The van der Waals surface area contributed by atoms with Crippen LogP contribution in [0, 0.1) is 0 Å². The van der Waals surface area contributed by atoms with Crippen LogP contribution in [0.3, 0.4) is 0 Å². The van der Waals surface area contributed by atoms with Crippen LogP contribution in [0.2, 0.25) is 0 Å². The average Bonchev–Trinajstić information content (AvgIpc) is 3.02. The molecule has 2 aromatic carbocycles. The third kappa shape index (κ3) is 3.99. The highest BCUT2D eigenvalue weighted by Gasteiger charge is 2.27. The fourth-order valence-corrected chi connectivity index (χ4v) is 4.37. The summed E-state index contributed by atoms with van der Waals surface area (Å²) in [6.07, 6.45) is 3.54. The number of halogens is 1. The predicted octanol–water partition coefficient (Wildman–Crippen LogP) is 1.39. The minimum atomic E-state index is 0. The summed E-state index contributed by atoms with van der Waals surface area (Å²) in [7, 11) is 0. The summed E-state index contributed by atoms with van der Waals surface area (Å²) in [6.45, 7) is 4.72. The summed E-state index contributed by atoms with van der Waals surface area (Å²) in [5, 5.41) is 1.36. The van der Waals surface area contributed by atoms with Crippen LogP contribution in [0.15, 0.2) is 66.0 Å². The van der Waals surface area contributed by atoms with Crippen molar-refractivity contribution >= 4 is 11.8 Å². The lowest BCUT2D eigenvalue weighted by atomic mass is 10.1. The van der Waals surface area contributed by atoms with Crippen molar-refractivity contribution in [3.63, 3.8) is 0 Å². The Morgan fingerprint density at radius 2 is 1.85 bits per heavy atom. The smallest absolute Gasteiger partial charge is 0.318 e. The number of rotatable bonds is 5. The lowest BCUT2D eigenvalue weighted by Crippen LogP contribution is -3.00. The standard InChI is InChI=1S/C21H23N2OS.BrH/c1-2-24-19-11-9-18(10-12-19)20-16-22-13-6-14-25-21(22)23(20)15-17-7-4-3-5-8-17;/h3-5,7-12,16H,2,6,13-15H2,1H3;1H/q+1;/p-1. The highest BCUT2D eigenvalue weighted by atomic mass is 79.9. The fourth-order valence-electron chi connectivity index (χ4n) is 3.29. The van der Waals surface area contributed by atoms with E-state index >= 15 is 0 Å². The number of ether oxygens (including phenoxy) is 1. The van der Waals surface area contributed by atoms with Gasteiger partial charge in [-0.3, -0.25) is 0 Å². The first-order valence-corrected chi connectivity index (χ1v) is 9.86. The van der Waals surface area contributed by atoms with Gasteiger partial charge in [0, 0.05) is 11.3 Å². The quantitative estimate of drug-likeness (QED) is 0.569. The van der Waals surface area contributed by atoms with Gasteiger partial charge in [0.05, 0.1) is 13.2 Å². The van der Waals surface area contributed by atoms with Crippen molar-refractivity contribution in [1.29, 1.82) is 0 Å². The lowest BCUT2D eigenvalue weighted by Gasteiger charge is -2.10. The lowest BCUT2D eigenvalue weighted by molar-refractivity contribution is -0.734.